The van der Waals surface area contributed by atoms with Crippen LogP contribution in [0.1, 0.15) is 20.8 Å². The zero-order valence-electron chi connectivity index (χ0n) is 10.0. The lowest BCUT2D eigenvalue weighted by Crippen LogP contribution is -2.42. The molecule has 0 saturated carbocycles. The quantitative estimate of drug-likeness (QED) is 0.656. The predicted octanol–water partition coefficient (Wildman–Crippen LogP) is 0.167. The Kier molecular flexibility index (Phi) is 7.16. The van der Waals surface area contributed by atoms with Crippen molar-refractivity contribution in [3.05, 3.63) is 0 Å². The highest BCUT2D eigenvalue weighted by atomic mass is 32.2. The maximum atomic E-state index is 11.3. The van der Waals surface area contributed by atoms with Crippen LogP contribution >= 0.6 is 11.8 Å². The van der Waals surface area contributed by atoms with E-state index < -0.39 is 18.1 Å². The summed E-state index contributed by atoms with van der Waals surface area (Å²) in [4.78, 5) is 22.2. The lowest BCUT2D eigenvalue weighted by molar-refractivity contribution is -0.144. The van der Waals surface area contributed by atoms with E-state index in [9.17, 15) is 14.7 Å². The van der Waals surface area contributed by atoms with Gasteiger partial charge in [-0.25, -0.2) is 4.79 Å². The van der Waals surface area contributed by atoms with Gasteiger partial charge in [0, 0.05) is 17.9 Å². The second-order valence-corrected chi connectivity index (χ2v) is 4.97. The number of hydrogen-bond donors (Lipinski definition) is 2. The van der Waals surface area contributed by atoms with Gasteiger partial charge in [-0.3, -0.25) is 4.79 Å². The molecule has 3 unspecified atom stereocenters. The van der Waals surface area contributed by atoms with E-state index in [2.05, 4.69) is 10.1 Å². The molecule has 2 N–H and O–H groups in total. The molecule has 0 heterocycles. The smallest absolute Gasteiger partial charge is 0.329 e. The largest absolute Gasteiger partial charge is 0.467 e. The number of rotatable bonds is 6. The summed E-state index contributed by atoms with van der Waals surface area (Å²) < 4.78 is 4.58. The molecule has 0 fully saturated rings. The second kappa shape index (κ2) is 7.51. The van der Waals surface area contributed by atoms with E-state index >= 15 is 0 Å². The predicted molar refractivity (Wildman–Crippen MR) is 63.2 cm³/mol. The number of carbonyl (C=O) groups excluding carboxylic acids is 2. The van der Waals surface area contributed by atoms with Crippen molar-refractivity contribution in [1.82, 2.24) is 5.32 Å². The number of amides is 1. The fourth-order valence-corrected chi connectivity index (χ4v) is 1.94. The van der Waals surface area contributed by atoms with Crippen LogP contribution in [0, 0.1) is 0 Å². The molecule has 0 rings (SSSR count). The number of thioether (sulfide) groups is 1. The van der Waals surface area contributed by atoms with Crippen molar-refractivity contribution in [2.75, 3.05) is 12.9 Å². The van der Waals surface area contributed by atoms with Gasteiger partial charge in [0.05, 0.1) is 13.2 Å². The number of aliphatic hydroxyl groups is 1. The monoisotopic (exact) mass is 249 g/mol. The summed E-state index contributed by atoms with van der Waals surface area (Å²) in [6.45, 7) is 4.89. The van der Waals surface area contributed by atoms with Crippen LogP contribution < -0.4 is 5.32 Å². The summed E-state index contributed by atoms with van der Waals surface area (Å²) in [5.74, 6) is -0.362. The molecule has 16 heavy (non-hydrogen) atoms. The zero-order valence-corrected chi connectivity index (χ0v) is 10.8. The van der Waals surface area contributed by atoms with Crippen molar-refractivity contribution < 1.29 is 19.4 Å². The molecule has 0 saturated heterocycles. The highest BCUT2D eigenvalue weighted by Crippen LogP contribution is 2.15. The zero-order chi connectivity index (χ0) is 12.7. The van der Waals surface area contributed by atoms with Gasteiger partial charge in [0.25, 0.3) is 0 Å². The molecule has 0 spiro atoms. The van der Waals surface area contributed by atoms with E-state index in [1.54, 1.807) is 6.92 Å². The van der Waals surface area contributed by atoms with Crippen LogP contribution in [0.25, 0.3) is 0 Å². The Hall–Kier alpha value is -0.750. The minimum Gasteiger partial charge on any atom is -0.467 e. The number of hydrogen-bond acceptors (Lipinski definition) is 5. The molecule has 5 nitrogen and oxygen atoms in total. The van der Waals surface area contributed by atoms with Gasteiger partial charge >= 0.3 is 5.97 Å². The second-order valence-electron chi connectivity index (χ2n) is 3.56. The van der Waals surface area contributed by atoms with E-state index in [1.807, 2.05) is 6.92 Å². The maximum absolute atomic E-state index is 11.3. The van der Waals surface area contributed by atoms with Crippen molar-refractivity contribution in [3.63, 3.8) is 0 Å². The first-order chi connectivity index (χ1) is 7.38. The van der Waals surface area contributed by atoms with Crippen LogP contribution in [0.3, 0.4) is 0 Å². The molecule has 94 valence electrons. The fraction of sp³-hybridized carbons (Fsp3) is 0.800. The number of methoxy groups -OCH3 is 1. The molecule has 0 aliphatic heterocycles. The van der Waals surface area contributed by atoms with Gasteiger partial charge in [-0.1, -0.05) is 6.92 Å². The number of aliphatic hydroxyl groups excluding tert-OH is 1. The molecule has 0 aromatic rings. The van der Waals surface area contributed by atoms with Gasteiger partial charge in [-0.15, -0.1) is 0 Å². The normalized spacial score (nSPS) is 16.1. The lowest BCUT2D eigenvalue weighted by Gasteiger charge is -2.19. The summed E-state index contributed by atoms with van der Waals surface area (Å²) >= 11 is 1.41. The molecule has 0 aromatic carbocycles. The van der Waals surface area contributed by atoms with Crippen LogP contribution in [0.4, 0.5) is 0 Å². The molecule has 0 aliphatic rings. The van der Waals surface area contributed by atoms with Crippen LogP contribution in [0.2, 0.25) is 0 Å². The van der Waals surface area contributed by atoms with Gasteiger partial charge in [-0.2, -0.15) is 11.8 Å². The van der Waals surface area contributed by atoms with Crippen molar-refractivity contribution in [2.24, 2.45) is 0 Å². The van der Waals surface area contributed by atoms with Crippen molar-refractivity contribution >= 4 is 23.6 Å². The van der Waals surface area contributed by atoms with Crippen LogP contribution in [0.5, 0.6) is 0 Å². The minimum absolute atomic E-state index is 0.000847. The number of carbonyl (C=O) groups is 2. The SMILES string of the molecule is COC(=O)C(CSC(C)C(C)O)NC(C)=O. The molecule has 1 amide bonds. The van der Waals surface area contributed by atoms with Gasteiger partial charge < -0.3 is 15.2 Å². The molecular weight excluding hydrogens is 230 g/mol. The Morgan fingerprint density at radius 1 is 1.44 bits per heavy atom. The molecule has 0 bridgehead atoms. The topological polar surface area (TPSA) is 75.6 Å². The Labute approximate surface area is 99.9 Å². The van der Waals surface area contributed by atoms with E-state index in [0.29, 0.717) is 5.75 Å². The summed E-state index contributed by atoms with van der Waals surface area (Å²) in [6, 6.07) is -0.659. The summed E-state index contributed by atoms with van der Waals surface area (Å²) in [6.07, 6.45) is -0.458. The first-order valence-electron chi connectivity index (χ1n) is 5.03. The van der Waals surface area contributed by atoms with E-state index in [4.69, 9.17) is 0 Å². The third kappa shape index (κ3) is 5.97. The Morgan fingerprint density at radius 2 is 2.00 bits per heavy atom. The Morgan fingerprint density at radius 3 is 2.38 bits per heavy atom. The standard InChI is InChI=1S/C10H19NO4S/c1-6(12)7(2)16-5-9(10(14)15-4)11-8(3)13/h6-7,9,12H,5H2,1-4H3,(H,11,13). The Balaban J connectivity index is 4.21. The lowest BCUT2D eigenvalue weighted by atomic mass is 10.3. The third-order valence-corrected chi connectivity index (χ3v) is 3.51. The van der Waals surface area contributed by atoms with Gasteiger partial charge in [-0.05, 0) is 6.92 Å². The number of ether oxygens (including phenoxy) is 1. The Bertz CT molecular complexity index is 245. The van der Waals surface area contributed by atoms with Crippen molar-refractivity contribution in [2.45, 2.75) is 38.2 Å². The molecule has 0 radical (unpaired) electrons. The molecular formula is C10H19NO4S. The maximum Gasteiger partial charge on any atom is 0.329 e. The van der Waals surface area contributed by atoms with Crippen molar-refractivity contribution in [1.29, 1.82) is 0 Å². The summed E-state index contributed by atoms with van der Waals surface area (Å²) in [7, 11) is 1.28. The van der Waals surface area contributed by atoms with Crippen LogP contribution in [0.15, 0.2) is 0 Å². The van der Waals surface area contributed by atoms with Crippen LogP contribution in [-0.2, 0) is 14.3 Å². The molecule has 3 atom stereocenters. The van der Waals surface area contributed by atoms with Crippen molar-refractivity contribution in [3.8, 4) is 0 Å². The molecule has 0 aromatic heterocycles. The fourth-order valence-electron chi connectivity index (χ4n) is 0.944. The van der Waals surface area contributed by atoms with E-state index in [1.165, 1.54) is 25.8 Å². The van der Waals surface area contributed by atoms with Crippen LogP contribution in [-0.4, -0.2) is 47.2 Å². The first kappa shape index (κ1) is 15.2. The van der Waals surface area contributed by atoms with Gasteiger partial charge in [0.15, 0.2) is 0 Å². The average Bonchev–Trinajstić information content (AvgIpc) is 2.21. The van der Waals surface area contributed by atoms with Gasteiger partial charge in [0.2, 0.25) is 5.91 Å². The summed E-state index contributed by atoms with van der Waals surface area (Å²) in [5.41, 5.74) is 0. The highest BCUT2D eigenvalue weighted by molar-refractivity contribution is 8.00. The number of nitrogens with one attached hydrogen (secondary N) is 1. The average molecular weight is 249 g/mol. The molecule has 6 heteroatoms. The van der Waals surface area contributed by atoms with E-state index in [0.717, 1.165) is 0 Å². The minimum atomic E-state index is -0.659. The number of esters is 1. The molecule has 0 aliphatic carbocycles. The third-order valence-electron chi connectivity index (χ3n) is 2.07. The van der Waals surface area contributed by atoms with E-state index in [-0.39, 0.29) is 11.2 Å². The van der Waals surface area contributed by atoms with Gasteiger partial charge in [0.1, 0.15) is 6.04 Å². The highest BCUT2D eigenvalue weighted by Gasteiger charge is 2.22. The first-order valence-corrected chi connectivity index (χ1v) is 6.08. The summed E-state index contributed by atoms with van der Waals surface area (Å²) in [5, 5.41) is 11.8.